The molecule has 104 valence electrons. The molecule has 19 heavy (non-hydrogen) atoms. The van der Waals surface area contributed by atoms with Crippen LogP contribution in [0.1, 0.15) is 24.2 Å². The van der Waals surface area contributed by atoms with Crippen LogP contribution in [0.5, 0.6) is 0 Å². The maximum absolute atomic E-state index is 10.5. The van der Waals surface area contributed by atoms with Crippen molar-refractivity contribution in [3.05, 3.63) is 44.0 Å². The van der Waals surface area contributed by atoms with Crippen LogP contribution in [0.3, 0.4) is 0 Å². The van der Waals surface area contributed by atoms with Crippen molar-refractivity contribution in [2.24, 2.45) is 5.73 Å². The van der Waals surface area contributed by atoms with E-state index in [4.69, 9.17) is 10.8 Å². The van der Waals surface area contributed by atoms with Crippen molar-refractivity contribution in [2.75, 3.05) is 0 Å². The lowest BCUT2D eigenvalue weighted by molar-refractivity contribution is -0.394. The molecule has 3 N–H and O–H groups in total. The van der Waals surface area contributed by atoms with Crippen LogP contribution in [-0.2, 0) is 0 Å². The van der Waals surface area contributed by atoms with Gasteiger partial charge in [0.1, 0.15) is 0 Å². The predicted molar refractivity (Wildman–Crippen MR) is 66.0 cm³/mol. The molecular weight excluding hydrogens is 258 g/mol. The molecule has 1 aromatic carbocycles. The van der Waals surface area contributed by atoms with Crippen molar-refractivity contribution in [3.63, 3.8) is 0 Å². The van der Waals surface area contributed by atoms with E-state index in [1.807, 2.05) is 13.8 Å². The zero-order valence-corrected chi connectivity index (χ0v) is 10.3. The van der Waals surface area contributed by atoms with Gasteiger partial charge in [-0.3, -0.25) is 20.2 Å². The van der Waals surface area contributed by atoms with Crippen LogP contribution >= 0.6 is 0 Å². The number of nitro benzene ring substituents is 2. The number of nitrogens with zero attached hydrogens (tertiary/aromatic N) is 2. The van der Waals surface area contributed by atoms with Crippen molar-refractivity contribution in [3.8, 4) is 0 Å². The Labute approximate surface area is 107 Å². The minimum absolute atomic E-state index is 0.333. The Morgan fingerprint density at radius 2 is 1.47 bits per heavy atom. The minimum atomic E-state index is -1.46. The van der Waals surface area contributed by atoms with Crippen LogP contribution in [0.4, 0.5) is 11.4 Å². The van der Waals surface area contributed by atoms with Crippen LogP contribution in [-0.4, -0.2) is 27.0 Å². The van der Waals surface area contributed by atoms with Crippen molar-refractivity contribution in [1.82, 2.24) is 0 Å². The standard InChI is InChI=1S/C7H4N2O6.C3H9N/c10-7(11)4-1-5(8(12)13)3-6(2-4)9(14)15;1-3(2)4/h1-3H,(H,10,11);3H,4H2,1-2H3. The molecule has 0 amide bonds. The molecule has 9 heteroatoms. The van der Waals surface area contributed by atoms with E-state index in [9.17, 15) is 25.0 Å². The molecule has 0 aliphatic rings. The lowest BCUT2D eigenvalue weighted by Gasteiger charge is -1.96. The second-order valence-corrected chi connectivity index (χ2v) is 3.80. The third-order valence-corrected chi connectivity index (χ3v) is 1.57. The van der Waals surface area contributed by atoms with Crippen molar-refractivity contribution in [2.45, 2.75) is 19.9 Å². The molecule has 0 aromatic heterocycles. The molecule has 1 aromatic rings. The molecule has 0 saturated heterocycles. The zero-order chi connectivity index (χ0) is 15.2. The van der Waals surface area contributed by atoms with Gasteiger partial charge in [-0.1, -0.05) is 13.8 Å². The molecule has 1 rings (SSSR count). The van der Waals surface area contributed by atoms with Crippen molar-refractivity contribution in [1.29, 1.82) is 0 Å². The molecule has 0 fully saturated rings. The largest absolute Gasteiger partial charge is 0.478 e. The van der Waals surface area contributed by atoms with Gasteiger partial charge in [0.15, 0.2) is 0 Å². The van der Waals surface area contributed by atoms with Crippen LogP contribution in [0.15, 0.2) is 18.2 Å². The van der Waals surface area contributed by atoms with Gasteiger partial charge in [-0.2, -0.15) is 0 Å². The van der Waals surface area contributed by atoms with Crippen molar-refractivity contribution < 1.29 is 19.7 Å². The molecule has 0 aliphatic heterocycles. The van der Waals surface area contributed by atoms with E-state index in [1.54, 1.807) is 0 Å². The second kappa shape index (κ2) is 7.01. The molecule has 0 bridgehead atoms. The molecule has 0 radical (unpaired) electrons. The fourth-order valence-corrected chi connectivity index (χ4v) is 0.929. The highest BCUT2D eigenvalue weighted by atomic mass is 16.6. The predicted octanol–water partition coefficient (Wildman–Crippen LogP) is 1.55. The fraction of sp³-hybridized carbons (Fsp3) is 0.300. The normalized spacial score (nSPS) is 9.47. The topological polar surface area (TPSA) is 150 Å². The highest BCUT2D eigenvalue weighted by Gasteiger charge is 2.19. The molecule has 0 saturated carbocycles. The summed E-state index contributed by atoms with van der Waals surface area (Å²) in [4.78, 5) is 29.4. The third-order valence-electron chi connectivity index (χ3n) is 1.57. The highest BCUT2D eigenvalue weighted by molar-refractivity contribution is 5.89. The first-order valence-corrected chi connectivity index (χ1v) is 5.08. The highest BCUT2D eigenvalue weighted by Crippen LogP contribution is 2.22. The summed E-state index contributed by atoms with van der Waals surface area (Å²) in [6, 6.07) is 2.55. The Morgan fingerprint density at radius 3 is 1.68 bits per heavy atom. The Morgan fingerprint density at radius 1 is 1.16 bits per heavy atom. The summed E-state index contributed by atoms with van der Waals surface area (Å²) in [6.07, 6.45) is 0. The maximum atomic E-state index is 10.5. The van der Waals surface area contributed by atoms with Gasteiger partial charge in [-0.25, -0.2) is 4.79 Å². The number of hydrogen-bond acceptors (Lipinski definition) is 6. The quantitative estimate of drug-likeness (QED) is 0.625. The number of carbonyl (C=O) groups is 1. The second-order valence-electron chi connectivity index (χ2n) is 3.80. The molecule has 0 aliphatic carbocycles. The Bertz CT molecular complexity index is 418. The molecule has 0 unspecified atom stereocenters. The molecule has 0 atom stereocenters. The van der Waals surface area contributed by atoms with Crippen LogP contribution in [0, 0.1) is 20.2 Å². The summed E-state index contributed by atoms with van der Waals surface area (Å²) < 4.78 is 0. The van der Waals surface area contributed by atoms with Gasteiger partial charge in [-0.15, -0.1) is 0 Å². The summed E-state index contributed by atoms with van der Waals surface area (Å²) in [7, 11) is 0. The summed E-state index contributed by atoms with van der Waals surface area (Å²) in [5, 5.41) is 29.2. The monoisotopic (exact) mass is 271 g/mol. The Balaban J connectivity index is 0.000000711. The lowest BCUT2D eigenvalue weighted by Crippen LogP contribution is -2.06. The van der Waals surface area contributed by atoms with Gasteiger partial charge in [-0.05, 0) is 6.04 Å². The van der Waals surface area contributed by atoms with Gasteiger partial charge in [0.25, 0.3) is 11.4 Å². The zero-order valence-electron chi connectivity index (χ0n) is 10.3. The van der Waals surface area contributed by atoms with E-state index in [0.29, 0.717) is 12.1 Å². The van der Waals surface area contributed by atoms with Crippen LogP contribution in [0.25, 0.3) is 0 Å². The summed E-state index contributed by atoms with van der Waals surface area (Å²) in [5.41, 5.74) is 3.37. The summed E-state index contributed by atoms with van der Waals surface area (Å²) in [6.45, 7) is 3.89. The van der Waals surface area contributed by atoms with E-state index in [0.717, 1.165) is 12.1 Å². The molecule has 0 heterocycles. The SMILES string of the molecule is CC(C)N.O=C(O)c1cc([N+](=O)[O-])cc([N+](=O)[O-])c1. The minimum Gasteiger partial charge on any atom is -0.478 e. The van der Waals surface area contributed by atoms with Gasteiger partial charge in [0.2, 0.25) is 0 Å². The molecule has 0 spiro atoms. The van der Waals surface area contributed by atoms with E-state index in [2.05, 4.69) is 0 Å². The van der Waals surface area contributed by atoms with Crippen molar-refractivity contribution >= 4 is 17.3 Å². The smallest absolute Gasteiger partial charge is 0.336 e. The van der Waals surface area contributed by atoms with Gasteiger partial charge < -0.3 is 10.8 Å². The van der Waals surface area contributed by atoms with E-state index in [1.165, 1.54) is 0 Å². The van der Waals surface area contributed by atoms with E-state index in [-0.39, 0.29) is 0 Å². The van der Waals surface area contributed by atoms with E-state index >= 15 is 0 Å². The number of non-ortho nitro benzene ring substituents is 2. The Hall–Kier alpha value is -2.55. The number of aromatic carboxylic acids is 1. The molecular formula is C10H13N3O6. The average Bonchev–Trinajstić information content (AvgIpc) is 2.27. The third kappa shape index (κ3) is 6.07. The molecule has 9 nitrogen and oxygen atoms in total. The first kappa shape index (κ1) is 16.4. The number of nitro groups is 2. The van der Waals surface area contributed by atoms with Gasteiger partial charge >= 0.3 is 5.97 Å². The maximum Gasteiger partial charge on any atom is 0.336 e. The van der Waals surface area contributed by atoms with Crippen LogP contribution in [0.2, 0.25) is 0 Å². The first-order chi connectivity index (χ1) is 8.65. The fourth-order valence-electron chi connectivity index (χ4n) is 0.929. The summed E-state index contributed by atoms with van der Waals surface area (Å²) in [5.74, 6) is -1.46. The number of hydrogen-bond donors (Lipinski definition) is 2. The number of rotatable bonds is 3. The van der Waals surface area contributed by atoms with E-state index < -0.39 is 32.8 Å². The number of nitrogens with two attached hydrogens (primary N) is 1. The number of carboxylic acid groups (broad SMARTS) is 1. The average molecular weight is 271 g/mol. The first-order valence-electron chi connectivity index (χ1n) is 5.08. The number of benzene rings is 1. The summed E-state index contributed by atoms with van der Waals surface area (Å²) >= 11 is 0. The lowest BCUT2D eigenvalue weighted by atomic mass is 10.2. The van der Waals surface area contributed by atoms with Crippen LogP contribution < -0.4 is 5.73 Å². The van der Waals surface area contributed by atoms with Gasteiger partial charge in [0, 0.05) is 12.1 Å². The van der Waals surface area contributed by atoms with Gasteiger partial charge in [0.05, 0.1) is 21.5 Å². The Kier molecular flexibility index (Phi) is 6.07. The number of carboxylic acids is 1.